The second-order valence-electron chi connectivity index (χ2n) is 3.34. The molecule has 0 radical (unpaired) electrons. The highest BCUT2D eigenvalue weighted by Gasteiger charge is 2.33. The molecule has 0 saturated carbocycles. The molecule has 1 saturated heterocycles. The SMILES string of the molecule is SCC1(n2ccnn2)CCSCC1. The lowest BCUT2D eigenvalue weighted by atomic mass is 9.95. The van der Waals surface area contributed by atoms with Crippen molar-refractivity contribution in [3.8, 4) is 0 Å². The van der Waals surface area contributed by atoms with E-state index in [4.69, 9.17) is 0 Å². The smallest absolute Gasteiger partial charge is 0.0748 e. The number of aromatic nitrogens is 3. The summed E-state index contributed by atoms with van der Waals surface area (Å²) < 4.78 is 1.99. The zero-order valence-corrected chi connectivity index (χ0v) is 9.10. The molecule has 1 fully saturated rings. The average Bonchev–Trinajstić information content (AvgIpc) is 2.72. The Morgan fingerprint density at radius 3 is 2.77 bits per heavy atom. The lowest BCUT2D eigenvalue weighted by Gasteiger charge is -2.35. The van der Waals surface area contributed by atoms with Gasteiger partial charge in [0, 0.05) is 11.9 Å². The topological polar surface area (TPSA) is 30.7 Å². The predicted octanol–water partition coefficient (Wildman–Crippen LogP) is 1.43. The zero-order valence-electron chi connectivity index (χ0n) is 7.39. The van der Waals surface area contributed by atoms with Crippen molar-refractivity contribution in [2.24, 2.45) is 0 Å². The molecule has 13 heavy (non-hydrogen) atoms. The molecule has 1 aromatic rings. The van der Waals surface area contributed by atoms with Gasteiger partial charge in [0.25, 0.3) is 0 Å². The minimum atomic E-state index is 0.130. The number of hydrogen-bond donors (Lipinski definition) is 1. The third kappa shape index (κ3) is 1.72. The van der Waals surface area contributed by atoms with Crippen LogP contribution in [-0.4, -0.2) is 32.3 Å². The molecule has 0 spiro atoms. The predicted molar refractivity (Wildman–Crippen MR) is 58.4 cm³/mol. The lowest BCUT2D eigenvalue weighted by Crippen LogP contribution is -2.39. The first-order chi connectivity index (χ1) is 6.37. The van der Waals surface area contributed by atoms with Crippen LogP contribution in [0.4, 0.5) is 0 Å². The molecule has 1 aliphatic rings. The van der Waals surface area contributed by atoms with E-state index in [0.717, 1.165) is 18.6 Å². The van der Waals surface area contributed by atoms with Crippen LogP contribution in [0.15, 0.2) is 12.4 Å². The van der Waals surface area contributed by atoms with Gasteiger partial charge in [-0.2, -0.15) is 24.4 Å². The van der Waals surface area contributed by atoms with E-state index in [1.807, 2.05) is 22.6 Å². The van der Waals surface area contributed by atoms with Crippen LogP contribution in [0.3, 0.4) is 0 Å². The Kier molecular flexibility index (Phi) is 2.83. The summed E-state index contributed by atoms with van der Waals surface area (Å²) in [6.07, 6.45) is 6.01. The molecule has 0 aromatic carbocycles. The van der Waals surface area contributed by atoms with Crippen LogP contribution in [0.2, 0.25) is 0 Å². The van der Waals surface area contributed by atoms with Crippen molar-refractivity contribution in [2.75, 3.05) is 17.3 Å². The highest BCUT2D eigenvalue weighted by Crippen LogP contribution is 2.33. The molecule has 2 heterocycles. The maximum atomic E-state index is 4.44. The summed E-state index contributed by atoms with van der Waals surface area (Å²) in [6.45, 7) is 0. The summed E-state index contributed by atoms with van der Waals surface area (Å²) in [5.74, 6) is 3.28. The number of hydrogen-bond acceptors (Lipinski definition) is 4. The monoisotopic (exact) mass is 215 g/mol. The van der Waals surface area contributed by atoms with Gasteiger partial charge in [-0.3, -0.25) is 0 Å². The molecule has 3 nitrogen and oxygen atoms in total. The van der Waals surface area contributed by atoms with Crippen LogP contribution >= 0.6 is 24.4 Å². The molecule has 0 atom stereocenters. The van der Waals surface area contributed by atoms with E-state index in [9.17, 15) is 0 Å². The summed E-state index contributed by atoms with van der Waals surface area (Å²) >= 11 is 6.45. The van der Waals surface area contributed by atoms with Gasteiger partial charge in [-0.25, -0.2) is 4.68 Å². The zero-order chi connectivity index (χ0) is 9.15. The summed E-state index contributed by atoms with van der Waals surface area (Å²) in [6, 6.07) is 0. The molecule has 2 rings (SSSR count). The third-order valence-corrected chi connectivity index (χ3v) is 4.20. The first-order valence-corrected chi connectivity index (χ1v) is 6.21. The molecular formula is C8H13N3S2. The van der Waals surface area contributed by atoms with Gasteiger partial charge in [0.2, 0.25) is 0 Å². The first kappa shape index (κ1) is 9.40. The minimum Gasteiger partial charge on any atom is -0.246 e. The largest absolute Gasteiger partial charge is 0.246 e. The molecule has 0 aliphatic carbocycles. The normalized spacial score (nSPS) is 21.6. The van der Waals surface area contributed by atoms with E-state index >= 15 is 0 Å². The van der Waals surface area contributed by atoms with Gasteiger partial charge >= 0.3 is 0 Å². The Morgan fingerprint density at radius 2 is 2.23 bits per heavy atom. The average molecular weight is 215 g/mol. The van der Waals surface area contributed by atoms with Crippen LogP contribution < -0.4 is 0 Å². The molecule has 0 N–H and O–H groups in total. The number of thiol groups is 1. The van der Waals surface area contributed by atoms with Crippen LogP contribution in [0.5, 0.6) is 0 Å². The number of thioether (sulfide) groups is 1. The maximum Gasteiger partial charge on any atom is 0.0748 e. The van der Waals surface area contributed by atoms with Crippen molar-refractivity contribution < 1.29 is 0 Å². The Labute approximate surface area is 87.7 Å². The Hall–Kier alpha value is -0.160. The van der Waals surface area contributed by atoms with E-state index in [-0.39, 0.29) is 5.54 Å². The molecule has 5 heteroatoms. The van der Waals surface area contributed by atoms with Gasteiger partial charge < -0.3 is 0 Å². The van der Waals surface area contributed by atoms with Crippen LogP contribution in [0.25, 0.3) is 0 Å². The molecule has 1 aliphatic heterocycles. The van der Waals surface area contributed by atoms with Crippen molar-refractivity contribution in [3.05, 3.63) is 12.4 Å². The van der Waals surface area contributed by atoms with Crippen LogP contribution in [0, 0.1) is 0 Å². The minimum absolute atomic E-state index is 0.130. The van der Waals surface area contributed by atoms with Crippen molar-refractivity contribution >= 4 is 24.4 Å². The molecule has 0 bridgehead atoms. The van der Waals surface area contributed by atoms with E-state index in [1.54, 1.807) is 6.20 Å². The summed E-state index contributed by atoms with van der Waals surface area (Å²) in [7, 11) is 0. The highest BCUT2D eigenvalue weighted by atomic mass is 32.2. The summed E-state index contributed by atoms with van der Waals surface area (Å²) in [5, 5.41) is 7.95. The Balaban J connectivity index is 2.23. The standard InChI is InChI=1S/C8H13N3S2/c12-7-8(1-5-13-6-2-8)11-4-3-9-10-11/h3-4,12H,1-2,5-7H2. The number of rotatable bonds is 2. The lowest BCUT2D eigenvalue weighted by molar-refractivity contribution is 0.266. The molecule has 1 aromatic heterocycles. The van der Waals surface area contributed by atoms with E-state index in [1.165, 1.54) is 11.5 Å². The fourth-order valence-corrected chi connectivity index (χ4v) is 3.39. The molecule has 0 unspecified atom stereocenters. The second kappa shape index (κ2) is 3.92. The Bertz CT molecular complexity index is 254. The van der Waals surface area contributed by atoms with E-state index < -0.39 is 0 Å². The van der Waals surface area contributed by atoms with Gasteiger partial charge in [-0.15, -0.1) is 5.10 Å². The van der Waals surface area contributed by atoms with Crippen molar-refractivity contribution in [1.29, 1.82) is 0 Å². The Morgan fingerprint density at radius 1 is 1.46 bits per heavy atom. The van der Waals surface area contributed by atoms with Gasteiger partial charge in [-0.05, 0) is 24.3 Å². The van der Waals surface area contributed by atoms with Crippen LogP contribution in [0.1, 0.15) is 12.8 Å². The summed E-state index contributed by atoms with van der Waals surface area (Å²) in [5.41, 5.74) is 0.130. The fourth-order valence-electron chi connectivity index (χ4n) is 1.67. The molecule has 72 valence electrons. The van der Waals surface area contributed by atoms with Gasteiger partial charge in [0.1, 0.15) is 0 Å². The second-order valence-corrected chi connectivity index (χ2v) is 4.88. The highest BCUT2D eigenvalue weighted by molar-refractivity contribution is 7.99. The molecule has 0 amide bonds. The van der Waals surface area contributed by atoms with E-state index in [2.05, 4.69) is 22.9 Å². The third-order valence-electron chi connectivity index (χ3n) is 2.63. The van der Waals surface area contributed by atoms with Crippen LogP contribution in [-0.2, 0) is 5.54 Å². The fraction of sp³-hybridized carbons (Fsp3) is 0.750. The van der Waals surface area contributed by atoms with E-state index in [0.29, 0.717) is 0 Å². The summed E-state index contributed by atoms with van der Waals surface area (Å²) in [4.78, 5) is 0. The van der Waals surface area contributed by atoms with Crippen molar-refractivity contribution in [1.82, 2.24) is 15.0 Å². The van der Waals surface area contributed by atoms with Crippen molar-refractivity contribution in [3.63, 3.8) is 0 Å². The van der Waals surface area contributed by atoms with Gasteiger partial charge in [-0.1, -0.05) is 5.21 Å². The van der Waals surface area contributed by atoms with Gasteiger partial charge in [0.05, 0.1) is 11.7 Å². The maximum absolute atomic E-state index is 4.44. The first-order valence-electron chi connectivity index (χ1n) is 4.43. The van der Waals surface area contributed by atoms with Crippen molar-refractivity contribution in [2.45, 2.75) is 18.4 Å². The quantitative estimate of drug-likeness (QED) is 0.757. The number of nitrogens with zero attached hydrogens (tertiary/aromatic N) is 3. The molecular weight excluding hydrogens is 202 g/mol. The van der Waals surface area contributed by atoms with Gasteiger partial charge in [0.15, 0.2) is 0 Å².